The number of halogens is 1. The number of unbranched alkanes of at least 4 members (excludes halogenated alkanes) is 7. The summed E-state index contributed by atoms with van der Waals surface area (Å²) in [6.07, 6.45) is 11.6. The highest BCUT2D eigenvalue weighted by molar-refractivity contribution is 6.34. The first-order valence-corrected chi connectivity index (χ1v) is 7.80. The Balaban J connectivity index is 2.07. The van der Waals surface area contributed by atoms with E-state index in [0.29, 0.717) is 5.75 Å². The minimum absolute atomic E-state index is 0.361. The molecule has 112 valence electrons. The SMILES string of the molecule is CCCCCCCCCCc1ccc(OB(O)F)cc1. The lowest BCUT2D eigenvalue weighted by Gasteiger charge is -2.05. The quantitative estimate of drug-likeness (QED) is 0.470. The van der Waals surface area contributed by atoms with E-state index in [-0.39, 0.29) is 0 Å². The molecule has 0 amide bonds. The maximum absolute atomic E-state index is 12.2. The van der Waals surface area contributed by atoms with Crippen LogP contribution in [-0.4, -0.2) is 12.4 Å². The molecular weight excluding hydrogens is 254 g/mol. The smallest absolute Gasteiger partial charge is 0.509 e. The zero-order valence-corrected chi connectivity index (χ0v) is 12.5. The molecule has 0 saturated carbocycles. The molecule has 1 aromatic rings. The van der Waals surface area contributed by atoms with Gasteiger partial charge in [-0.2, -0.15) is 0 Å². The normalized spacial score (nSPS) is 10.6. The summed E-state index contributed by atoms with van der Waals surface area (Å²) < 4.78 is 16.8. The summed E-state index contributed by atoms with van der Waals surface area (Å²) in [5, 5.41) is 8.46. The fraction of sp³-hybridized carbons (Fsp3) is 0.625. The third kappa shape index (κ3) is 8.21. The van der Waals surface area contributed by atoms with Crippen molar-refractivity contribution in [3.63, 3.8) is 0 Å². The van der Waals surface area contributed by atoms with E-state index in [0.717, 1.165) is 6.42 Å². The van der Waals surface area contributed by atoms with Gasteiger partial charge in [0.15, 0.2) is 0 Å². The topological polar surface area (TPSA) is 29.5 Å². The Morgan fingerprint density at radius 1 is 0.950 bits per heavy atom. The van der Waals surface area contributed by atoms with Crippen LogP contribution in [0.2, 0.25) is 0 Å². The van der Waals surface area contributed by atoms with Gasteiger partial charge in [-0.1, -0.05) is 64.0 Å². The van der Waals surface area contributed by atoms with Crippen molar-refractivity contribution in [1.82, 2.24) is 0 Å². The average Bonchev–Trinajstić information content (AvgIpc) is 2.43. The molecule has 0 aliphatic rings. The van der Waals surface area contributed by atoms with Crippen LogP contribution in [0.5, 0.6) is 5.75 Å². The van der Waals surface area contributed by atoms with Crippen molar-refractivity contribution >= 4 is 7.40 Å². The van der Waals surface area contributed by atoms with Crippen molar-refractivity contribution in [3.05, 3.63) is 29.8 Å². The number of hydrogen-bond acceptors (Lipinski definition) is 2. The molecule has 0 aliphatic heterocycles. The summed E-state index contributed by atoms with van der Waals surface area (Å²) in [5.41, 5.74) is 1.23. The Morgan fingerprint density at radius 3 is 2.05 bits per heavy atom. The van der Waals surface area contributed by atoms with Gasteiger partial charge in [0.05, 0.1) is 0 Å². The first-order valence-electron chi connectivity index (χ1n) is 7.80. The third-order valence-corrected chi connectivity index (χ3v) is 3.48. The molecule has 1 N–H and O–H groups in total. The molecular formula is C16H26BFO2. The van der Waals surface area contributed by atoms with Crippen LogP contribution in [0.1, 0.15) is 63.9 Å². The van der Waals surface area contributed by atoms with Gasteiger partial charge >= 0.3 is 7.40 Å². The predicted molar refractivity (Wildman–Crippen MR) is 82.5 cm³/mol. The maximum atomic E-state index is 12.2. The van der Waals surface area contributed by atoms with Crippen LogP contribution in [0.25, 0.3) is 0 Å². The van der Waals surface area contributed by atoms with Crippen LogP contribution in [0.4, 0.5) is 4.32 Å². The van der Waals surface area contributed by atoms with E-state index < -0.39 is 7.40 Å². The Bertz CT molecular complexity index is 341. The van der Waals surface area contributed by atoms with Gasteiger partial charge in [0.25, 0.3) is 0 Å². The first kappa shape index (κ1) is 17.0. The molecule has 0 bridgehead atoms. The van der Waals surface area contributed by atoms with Crippen molar-refractivity contribution in [2.75, 3.05) is 0 Å². The zero-order chi connectivity index (χ0) is 14.6. The average molecular weight is 280 g/mol. The fourth-order valence-electron chi connectivity index (χ4n) is 2.31. The van der Waals surface area contributed by atoms with E-state index in [1.54, 1.807) is 12.1 Å². The van der Waals surface area contributed by atoms with Crippen LogP contribution in [0, 0.1) is 0 Å². The van der Waals surface area contributed by atoms with Gasteiger partial charge in [0, 0.05) is 0 Å². The van der Waals surface area contributed by atoms with Crippen LogP contribution in [0.15, 0.2) is 24.3 Å². The highest BCUT2D eigenvalue weighted by Crippen LogP contribution is 2.15. The number of rotatable bonds is 11. The molecule has 0 spiro atoms. The highest BCUT2D eigenvalue weighted by atomic mass is 19.1. The lowest BCUT2D eigenvalue weighted by molar-refractivity contribution is 0.349. The summed E-state index contributed by atoms with van der Waals surface area (Å²) in [5.74, 6) is 0.361. The molecule has 0 unspecified atom stereocenters. The molecule has 1 rings (SSSR count). The fourth-order valence-corrected chi connectivity index (χ4v) is 2.31. The van der Waals surface area contributed by atoms with Gasteiger partial charge in [0.1, 0.15) is 5.75 Å². The van der Waals surface area contributed by atoms with Crippen molar-refractivity contribution in [3.8, 4) is 5.75 Å². The van der Waals surface area contributed by atoms with Crippen LogP contribution in [-0.2, 0) is 6.42 Å². The molecule has 0 aromatic heterocycles. The summed E-state index contributed by atoms with van der Waals surface area (Å²) in [7, 11) is -2.24. The Kier molecular flexibility index (Phi) is 9.13. The van der Waals surface area contributed by atoms with Gasteiger partial charge in [-0.05, 0) is 30.5 Å². The second-order valence-electron chi connectivity index (χ2n) is 5.28. The molecule has 1 aromatic carbocycles. The summed E-state index contributed by atoms with van der Waals surface area (Å²) in [6, 6.07) is 7.25. The van der Waals surface area contributed by atoms with Crippen molar-refractivity contribution in [2.24, 2.45) is 0 Å². The Hall–Kier alpha value is -1.03. The van der Waals surface area contributed by atoms with E-state index in [4.69, 9.17) is 5.02 Å². The second-order valence-corrected chi connectivity index (χ2v) is 5.28. The van der Waals surface area contributed by atoms with Crippen molar-refractivity contribution < 1.29 is 14.0 Å². The molecule has 0 fully saturated rings. The van der Waals surface area contributed by atoms with Gasteiger partial charge in [-0.25, -0.2) is 4.32 Å². The molecule has 0 saturated heterocycles. The van der Waals surface area contributed by atoms with E-state index >= 15 is 0 Å². The molecule has 0 aliphatic carbocycles. The minimum Gasteiger partial charge on any atom is -0.509 e. The predicted octanol–water partition coefficient (Wildman–Crippen LogP) is 4.70. The number of aryl methyl sites for hydroxylation is 1. The highest BCUT2D eigenvalue weighted by Gasteiger charge is 2.13. The van der Waals surface area contributed by atoms with Gasteiger partial charge in [-0.15, -0.1) is 0 Å². The summed E-state index contributed by atoms with van der Waals surface area (Å²) in [4.78, 5) is 0. The molecule has 0 radical (unpaired) electrons. The molecule has 0 atom stereocenters. The minimum atomic E-state index is -2.24. The van der Waals surface area contributed by atoms with E-state index in [1.807, 2.05) is 12.1 Å². The van der Waals surface area contributed by atoms with Crippen LogP contribution < -0.4 is 4.65 Å². The van der Waals surface area contributed by atoms with Gasteiger partial charge in [0.2, 0.25) is 0 Å². The summed E-state index contributed by atoms with van der Waals surface area (Å²) in [6.45, 7) is 2.24. The first-order chi connectivity index (χ1) is 9.72. The number of hydrogen-bond donors (Lipinski definition) is 1. The third-order valence-electron chi connectivity index (χ3n) is 3.48. The lowest BCUT2D eigenvalue weighted by atomic mass is 10.0. The molecule has 2 nitrogen and oxygen atoms in total. The zero-order valence-electron chi connectivity index (χ0n) is 12.5. The standard InChI is InChI=1S/C16H26BFO2/c1-2-3-4-5-6-7-8-9-10-15-11-13-16(14-12-15)20-17(18)19/h11-14,19H,2-10H2,1H3. The van der Waals surface area contributed by atoms with Gasteiger partial charge in [-0.3, -0.25) is 0 Å². The van der Waals surface area contributed by atoms with E-state index in [9.17, 15) is 4.32 Å². The molecule has 20 heavy (non-hydrogen) atoms. The summed E-state index contributed by atoms with van der Waals surface area (Å²) >= 11 is 0. The monoisotopic (exact) mass is 280 g/mol. The Morgan fingerprint density at radius 2 is 1.50 bits per heavy atom. The largest absolute Gasteiger partial charge is 0.751 e. The van der Waals surface area contributed by atoms with E-state index in [2.05, 4.69) is 11.6 Å². The maximum Gasteiger partial charge on any atom is 0.751 e. The Labute approximate surface area is 122 Å². The van der Waals surface area contributed by atoms with Crippen molar-refractivity contribution in [2.45, 2.75) is 64.7 Å². The van der Waals surface area contributed by atoms with Gasteiger partial charge < -0.3 is 9.68 Å². The van der Waals surface area contributed by atoms with Crippen LogP contribution >= 0.6 is 0 Å². The lowest BCUT2D eigenvalue weighted by Crippen LogP contribution is -2.14. The molecule has 4 heteroatoms. The number of benzene rings is 1. The van der Waals surface area contributed by atoms with E-state index in [1.165, 1.54) is 56.9 Å². The van der Waals surface area contributed by atoms with Crippen LogP contribution in [0.3, 0.4) is 0 Å². The second kappa shape index (κ2) is 10.7. The molecule has 0 heterocycles. The van der Waals surface area contributed by atoms with Crippen molar-refractivity contribution in [1.29, 1.82) is 0 Å².